The smallest absolute Gasteiger partial charge is 0.462 e. The molecular formula is C39H75O9P. The fourth-order valence-corrected chi connectivity index (χ4v) is 6.36. The fourth-order valence-electron chi connectivity index (χ4n) is 5.62. The second-order valence-corrected chi connectivity index (χ2v) is 14.9. The molecule has 0 amide bonds. The first-order valence-electron chi connectivity index (χ1n) is 20.1. The van der Waals surface area contributed by atoms with Crippen LogP contribution in [0.15, 0.2) is 12.2 Å². The molecule has 0 heterocycles. The normalized spacial score (nSPS) is 13.5. The van der Waals surface area contributed by atoms with Crippen molar-refractivity contribution in [1.82, 2.24) is 0 Å². The first-order chi connectivity index (χ1) is 23.8. The van der Waals surface area contributed by atoms with Gasteiger partial charge in [-0.05, 0) is 38.5 Å². The minimum Gasteiger partial charge on any atom is -0.462 e. The Kier molecular flexibility index (Phi) is 35.6. The summed E-state index contributed by atoms with van der Waals surface area (Å²) < 4.78 is 32.4. The summed E-state index contributed by atoms with van der Waals surface area (Å²) in [5.41, 5.74) is 0. The molecule has 0 aromatic heterocycles. The third-order valence-corrected chi connectivity index (χ3v) is 9.61. The van der Waals surface area contributed by atoms with Gasteiger partial charge in [-0.3, -0.25) is 18.6 Å². The minimum atomic E-state index is -4.45. The number of phosphoric ester groups is 1. The summed E-state index contributed by atoms with van der Waals surface area (Å²) in [6.07, 6.45) is 34.9. The third-order valence-electron chi connectivity index (χ3n) is 8.62. The highest BCUT2D eigenvalue weighted by Crippen LogP contribution is 2.43. The Morgan fingerprint density at radius 3 is 1.45 bits per heavy atom. The largest absolute Gasteiger partial charge is 0.472 e. The van der Waals surface area contributed by atoms with Gasteiger partial charge >= 0.3 is 19.8 Å². The van der Waals surface area contributed by atoms with E-state index in [9.17, 15) is 19.0 Å². The first kappa shape index (κ1) is 47.8. The molecule has 0 aromatic carbocycles. The van der Waals surface area contributed by atoms with E-state index in [1.54, 1.807) is 0 Å². The molecule has 0 radical (unpaired) electrons. The lowest BCUT2D eigenvalue weighted by molar-refractivity contribution is -0.161. The lowest BCUT2D eigenvalue weighted by atomic mass is 10.0. The molecule has 10 heteroatoms. The molecule has 1 unspecified atom stereocenters. The Hall–Kier alpha value is -1.25. The van der Waals surface area contributed by atoms with E-state index >= 15 is 0 Å². The van der Waals surface area contributed by atoms with Crippen LogP contribution in [0.2, 0.25) is 0 Å². The molecule has 0 rings (SSSR count). The van der Waals surface area contributed by atoms with E-state index in [1.807, 2.05) is 0 Å². The van der Waals surface area contributed by atoms with Crippen molar-refractivity contribution in [2.45, 2.75) is 200 Å². The summed E-state index contributed by atoms with van der Waals surface area (Å²) >= 11 is 0. The molecule has 0 spiro atoms. The van der Waals surface area contributed by atoms with Gasteiger partial charge in [0.05, 0.1) is 19.8 Å². The Morgan fingerprint density at radius 2 is 0.980 bits per heavy atom. The van der Waals surface area contributed by atoms with Crippen molar-refractivity contribution in [3.05, 3.63) is 12.2 Å². The monoisotopic (exact) mass is 719 g/mol. The van der Waals surface area contributed by atoms with Crippen LogP contribution in [0.3, 0.4) is 0 Å². The van der Waals surface area contributed by atoms with Gasteiger partial charge in [0.1, 0.15) is 6.61 Å². The van der Waals surface area contributed by atoms with Crippen molar-refractivity contribution in [2.75, 3.05) is 26.4 Å². The van der Waals surface area contributed by atoms with Crippen LogP contribution in [-0.2, 0) is 32.7 Å². The molecule has 0 bridgehead atoms. The number of carbonyl (C=O) groups is 2. The van der Waals surface area contributed by atoms with E-state index in [0.717, 1.165) is 44.9 Å². The van der Waals surface area contributed by atoms with Crippen LogP contribution in [0.4, 0.5) is 0 Å². The lowest BCUT2D eigenvalue weighted by Gasteiger charge is -2.19. The minimum absolute atomic E-state index is 0.213. The lowest BCUT2D eigenvalue weighted by Crippen LogP contribution is -2.29. The van der Waals surface area contributed by atoms with Gasteiger partial charge in [0.2, 0.25) is 0 Å². The molecule has 0 aliphatic heterocycles. The molecule has 0 fully saturated rings. The van der Waals surface area contributed by atoms with E-state index in [0.29, 0.717) is 6.42 Å². The maximum Gasteiger partial charge on any atom is 0.472 e. The van der Waals surface area contributed by atoms with Crippen molar-refractivity contribution in [3.63, 3.8) is 0 Å². The van der Waals surface area contributed by atoms with E-state index in [-0.39, 0.29) is 26.1 Å². The summed E-state index contributed by atoms with van der Waals surface area (Å²) in [6, 6.07) is 0. The van der Waals surface area contributed by atoms with Crippen molar-refractivity contribution < 1.29 is 42.7 Å². The molecule has 2 N–H and O–H groups in total. The van der Waals surface area contributed by atoms with Gasteiger partial charge in [-0.1, -0.05) is 154 Å². The SMILES string of the molecule is CCCCCC/C=C\CCCCCCCCCC(=O)O[C@H](COC(=O)CCCCCCCCCCCCCCC)COP(=O)(O)OCCO. The van der Waals surface area contributed by atoms with E-state index in [4.69, 9.17) is 19.1 Å². The van der Waals surface area contributed by atoms with Gasteiger partial charge in [-0.15, -0.1) is 0 Å². The van der Waals surface area contributed by atoms with Gasteiger partial charge in [0.25, 0.3) is 0 Å². The maximum atomic E-state index is 12.5. The van der Waals surface area contributed by atoms with Crippen LogP contribution in [0, 0.1) is 0 Å². The topological polar surface area (TPSA) is 129 Å². The summed E-state index contributed by atoms with van der Waals surface area (Å²) in [6.45, 7) is 2.93. The van der Waals surface area contributed by atoms with Gasteiger partial charge in [-0.25, -0.2) is 4.57 Å². The van der Waals surface area contributed by atoms with Crippen LogP contribution in [0.5, 0.6) is 0 Å². The molecule has 9 nitrogen and oxygen atoms in total. The number of rotatable bonds is 38. The van der Waals surface area contributed by atoms with Gasteiger partial charge < -0.3 is 19.5 Å². The third kappa shape index (κ3) is 36.3. The number of unbranched alkanes of at least 4 members (excludes halogenated alkanes) is 23. The zero-order valence-electron chi connectivity index (χ0n) is 31.6. The van der Waals surface area contributed by atoms with Crippen LogP contribution in [0.1, 0.15) is 194 Å². The highest BCUT2D eigenvalue weighted by molar-refractivity contribution is 7.47. The number of carbonyl (C=O) groups excluding carboxylic acids is 2. The fraction of sp³-hybridized carbons (Fsp3) is 0.897. The Balaban J connectivity index is 4.18. The summed E-state index contributed by atoms with van der Waals surface area (Å²) in [5, 5.41) is 8.85. The first-order valence-corrected chi connectivity index (χ1v) is 21.6. The average Bonchev–Trinajstić information content (AvgIpc) is 3.08. The molecule has 0 saturated carbocycles. The highest BCUT2D eigenvalue weighted by atomic mass is 31.2. The zero-order valence-corrected chi connectivity index (χ0v) is 32.5. The number of allylic oxidation sites excluding steroid dienone is 2. The van der Waals surface area contributed by atoms with E-state index in [2.05, 4.69) is 30.5 Å². The molecule has 0 aliphatic carbocycles. The molecule has 0 aromatic rings. The van der Waals surface area contributed by atoms with Crippen molar-refractivity contribution in [3.8, 4) is 0 Å². The van der Waals surface area contributed by atoms with Crippen LogP contribution in [0.25, 0.3) is 0 Å². The second kappa shape index (κ2) is 36.5. The van der Waals surface area contributed by atoms with Crippen LogP contribution in [-0.4, -0.2) is 54.5 Å². The predicted octanol–water partition coefficient (Wildman–Crippen LogP) is 11.1. The Morgan fingerprint density at radius 1 is 0.571 bits per heavy atom. The highest BCUT2D eigenvalue weighted by Gasteiger charge is 2.26. The van der Waals surface area contributed by atoms with Gasteiger partial charge in [0, 0.05) is 12.8 Å². The van der Waals surface area contributed by atoms with E-state index < -0.39 is 39.1 Å². The number of phosphoric acid groups is 1. The number of esters is 2. The van der Waals surface area contributed by atoms with E-state index in [1.165, 1.54) is 116 Å². The summed E-state index contributed by atoms with van der Waals surface area (Å²) in [4.78, 5) is 34.7. The number of hydrogen-bond donors (Lipinski definition) is 2. The summed E-state index contributed by atoms with van der Waals surface area (Å²) in [7, 11) is -4.45. The maximum absolute atomic E-state index is 12.5. The molecule has 0 saturated heterocycles. The number of ether oxygens (including phenoxy) is 2. The molecule has 2 atom stereocenters. The predicted molar refractivity (Wildman–Crippen MR) is 199 cm³/mol. The molecule has 0 aliphatic rings. The molecule has 290 valence electrons. The van der Waals surface area contributed by atoms with Crippen LogP contribution >= 0.6 is 7.82 Å². The molecular weight excluding hydrogens is 643 g/mol. The van der Waals surface area contributed by atoms with Crippen molar-refractivity contribution in [2.24, 2.45) is 0 Å². The standard InChI is InChI=1S/C39H75O9P/c1-3-5-7-9-11-13-15-17-18-20-22-24-26-28-30-32-39(42)48-37(36-47-49(43,44)46-34-33-40)35-45-38(41)31-29-27-25-23-21-19-16-14-12-10-8-6-4-2/h13,15,37,40H,3-12,14,16-36H2,1-2H3,(H,43,44)/b15-13-/t37-/m1/s1. The number of aliphatic hydroxyl groups is 1. The average molecular weight is 719 g/mol. The summed E-state index contributed by atoms with van der Waals surface area (Å²) in [5.74, 6) is -0.863. The van der Waals surface area contributed by atoms with Gasteiger partial charge in [-0.2, -0.15) is 0 Å². The van der Waals surface area contributed by atoms with Gasteiger partial charge in [0.15, 0.2) is 6.10 Å². The zero-order chi connectivity index (χ0) is 36.1. The number of hydrogen-bond acceptors (Lipinski definition) is 8. The quantitative estimate of drug-likeness (QED) is 0.0277. The number of aliphatic hydroxyl groups excluding tert-OH is 1. The second-order valence-electron chi connectivity index (χ2n) is 13.4. The van der Waals surface area contributed by atoms with Crippen molar-refractivity contribution >= 4 is 19.8 Å². The van der Waals surface area contributed by atoms with Crippen LogP contribution < -0.4 is 0 Å². The van der Waals surface area contributed by atoms with Crippen molar-refractivity contribution in [1.29, 1.82) is 0 Å². The molecule has 49 heavy (non-hydrogen) atoms. The Bertz CT molecular complexity index is 820. The Labute approximate surface area is 300 Å².